The molecule has 0 N–H and O–H groups in total. The maximum Gasteiger partial charge on any atom is 0.160 e. The van der Waals surface area contributed by atoms with Crippen LogP contribution in [-0.4, -0.2) is 15.0 Å². The standard InChI is InChI=1S/C45H27N3O2/c1-2-10-28(11-3-1)45-47-38(31-13-8-12-29(24-31)32-14-9-23-46-27-32)26-39(48-45)36-22-21-33(44-43(36)37-16-5-7-18-41(37)50-44)30-19-20-35-34-15-4-6-17-40(34)49-42(35)25-30/h1-27H. The zero-order valence-corrected chi connectivity index (χ0v) is 26.7. The maximum atomic E-state index is 6.69. The topological polar surface area (TPSA) is 65.0 Å². The van der Waals surface area contributed by atoms with Crippen molar-refractivity contribution in [3.63, 3.8) is 0 Å². The van der Waals surface area contributed by atoms with E-state index in [-0.39, 0.29) is 0 Å². The molecule has 10 aromatic rings. The molecule has 0 saturated heterocycles. The normalized spacial score (nSPS) is 11.6. The fourth-order valence-electron chi connectivity index (χ4n) is 7.00. The van der Waals surface area contributed by atoms with Crippen LogP contribution in [0.15, 0.2) is 173 Å². The van der Waals surface area contributed by atoms with Crippen LogP contribution in [0.4, 0.5) is 0 Å². The van der Waals surface area contributed by atoms with Gasteiger partial charge in [-0.2, -0.15) is 0 Å². The summed E-state index contributed by atoms with van der Waals surface area (Å²) in [6.45, 7) is 0. The molecule has 0 fully saturated rings. The smallest absolute Gasteiger partial charge is 0.160 e. The fraction of sp³-hybridized carbons (Fsp3) is 0. The second kappa shape index (κ2) is 11.4. The molecule has 5 nitrogen and oxygen atoms in total. The predicted molar refractivity (Wildman–Crippen MR) is 202 cm³/mol. The summed E-state index contributed by atoms with van der Waals surface area (Å²) in [6, 6.07) is 51.8. The summed E-state index contributed by atoms with van der Waals surface area (Å²) in [7, 11) is 0. The Morgan fingerprint density at radius 3 is 1.96 bits per heavy atom. The SMILES string of the molecule is c1ccc(-c2nc(-c3cccc(-c4cccnc4)c3)cc(-c3ccc(-c4ccc5c(c4)oc4ccccc45)c4oc5ccccc5c34)n2)cc1. The summed E-state index contributed by atoms with van der Waals surface area (Å²) in [4.78, 5) is 14.7. The molecule has 0 aliphatic heterocycles. The zero-order chi connectivity index (χ0) is 33.0. The number of pyridine rings is 1. The van der Waals surface area contributed by atoms with Gasteiger partial charge in [0.05, 0.1) is 11.4 Å². The van der Waals surface area contributed by atoms with E-state index in [0.717, 1.165) is 94.2 Å². The Balaban J connectivity index is 1.20. The Bertz CT molecular complexity index is 2870. The van der Waals surface area contributed by atoms with Gasteiger partial charge in [-0.1, -0.05) is 103 Å². The van der Waals surface area contributed by atoms with Crippen LogP contribution in [0.5, 0.6) is 0 Å². The van der Waals surface area contributed by atoms with Crippen LogP contribution in [-0.2, 0) is 0 Å². The van der Waals surface area contributed by atoms with Gasteiger partial charge < -0.3 is 8.83 Å². The zero-order valence-electron chi connectivity index (χ0n) is 26.7. The number of para-hydroxylation sites is 2. The quantitative estimate of drug-likeness (QED) is 0.187. The number of hydrogen-bond acceptors (Lipinski definition) is 5. The summed E-state index contributed by atoms with van der Waals surface area (Å²) < 4.78 is 13.0. The van der Waals surface area contributed by atoms with E-state index < -0.39 is 0 Å². The van der Waals surface area contributed by atoms with Crippen molar-refractivity contribution in [2.45, 2.75) is 0 Å². The molecular weight excluding hydrogens is 615 g/mol. The maximum absolute atomic E-state index is 6.69. The summed E-state index contributed by atoms with van der Waals surface area (Å²) >= 11 is 0. The molecule has 6 aromatic carbocycles. The molecule has 0 aliphatic rings. The second-order valence-electron chi connectivity index (χ2n) is 12.4. The van der Waals surface area contributed by atoms with Gasteiger partial charge in [-0.3, -0.25) is 4.98 Å². The molecule has 5 heteroatoms. The molecule has 0 atom stereocenters. The van der Waals surface area contributed by atoms with Gasteiger partial charge in [0.2, 0.25) is 0 Å². The lowest BCUT2D eigenvalue weighted by atomic mass is 9.95. The van der Waals surface area contributed by atoms with Gasteiger partial charge in [0.25, 0.3) is 0 Å². The summed E-state index contributed by atoms with van der Waals surface area (Å²) in [6.07, 6.45) is 3.67. The van der Waals surface area contributed by atoms with Gasteiger partial charge in [0, 0.05) is 61.8 Å². The fourth-order valence-corrected chi connectivity index (χ4v) is 7.00. The van der Waals surface area contributed by atoms with Crippen molar-refractivity contribution in [1.29, 1.82) is 0 Å². The van der Waals surface area contributed by atoms with E-state index >= 15 is 0 Å². The number of hydrogen-bond donors (Lipinski definition) is 0. The Hall–Kier alpha value is -6.85. The van der Waals surface area contributed by atoms with Gasteiger partial charge in [0.1, 0.15) is 22.3 Å². The highest BCUT2D eigenvalue weighted by Gasteiger charge is 2.20. The van der Waals surface area contributed by atoms with Gasteiger partial charge in [-0.25, -0.2) is 9.97 Å². The highest BCUT2D eigenvalue weighted by atomic mass is 16.3. The Morgan fingerprint density at radius 1 is 0.400 bits per heavy atom. The first-order valence-electron chi connectivity index (χ1n) is 16.6. The van der Waals surface area contributed by atoms with Gasteiger partial charge in [-0.15, -0.1) is 0 Å². The largest absolute Gasteiger partial charge is 0.456 e. The molecule has 10 rings (SSSR count). The van der Waals surface area contributed by atoms with E-state index in [4.69, 9.17) is 18.8 Å². The van der Waals surface area contributed by atoms with Crippen molar-refractivity contribution in [3.05, 3.63) is 164 Å². The minimum atomic E-state index is 0.658. The van der Waals surface area contributed by atoms with Crippen LogP contribution in [0.1, 0.15) is 0 Å². The monoisotopic (exact) mass is 641 g/mol. The highest BCUT2D eigenvalue weighted by molar-refractivity contribution is 6.16. The molecular formula is C45H27N3O2. The molecule has 4 heterocycles. The van der Waals surface area contributed by atoms with E-state index in [1.807, 2.05) is 60.8 Å². The van der Waals surface area contributed by atoms with Crippen LogP contribution < -0.4 is 0 Å². The van der Waals surface area contributed by atoms with Crippen molar-refractivity contribution < 1.29 is 8.83 Å². The minimum Gasteiger partial charge on any atom is -0.456 e. The molecule has 0 radical (unpaired) electrons. The van der Waals surface area contributed by atoms with Gasteiger partial charge in [-0.05, 0) is 59.7 Å². The Labute approximate surface area is 287 Å². The first kappa shape index (κ1) is 28.2. The first-order valence-corrected chi connectivity index (χ1v) is 16.6. The molecule has 0 unspecified atom stereocenters. The van der Waals surface area contributed by atoms with Crippen molar-refractivity contribution in [2.24, 2.45) is 0 Å². The summed E-state index contributed by atoms with van der Waals surface area (Å²) in [5, 5.41) is 4.24. The molecule has 0 amide bonds. The van der Waals surface area contributed by atoms with Crippen molar-refractivity contribution >= 4 is 43.9 Å². The lowest BCUT2D eigenvalue weighted by Gasteiger charge is -2.12. The van der Waals surface area contributed by atoms with Crippen LogP contribution in [0, 0.1) is 0 Å². The van der Waals surface area contributed by atoms with E-state index in [2.05, 4.69) is 102 Å². The van der Waals surface area contributed by atoms with Gasteiger partial charge in [0.15, 0.2) is 5.82 Å². The molecule has 50 heavy (non-hydrogen) atoms. The molecule has 0 bridgehead atoms. The number of fused-ring (bicyclic) bond motifs is 6. The number of rotatable bonds is 5. The average molecular weight is 642 g/mol. The summed E-state index contributed by atoms with van der Waals surface area (Å²) in [5.41, 5.74) is 12.1. The van der Waals surface area contributed by atoms with Crippen LogP contribution >= 0.6 is 0 Å². The number of nitrogens with zero attached hydrogens (tertiary/aromatic N) is 3. The number of furan rings is 2. The first-order chi connectivity index (χ1) is 24.8. The average Bonchev–Trinajstić information content (AvgIpc) is 3.77. The van der Waals surface area contributed by atoms with E-state index in [9.17, 15) is 0 Å². The molecule has 4 aromatic heterocycles. The predicted octanol–water partition coefficient (Wildman–Crippen LogP) is 12.0. The lowest BCUT2D eigenvalue weighted by molar-refractivity contribution is 0.668. The van der Waals surface area contributed by atoms with Crippen molar-refractivity contribution in [3.8, 4) is 56.2 Å². The minimum absolute atomic E-state index is 0.658. The van der Waals surface area contributed by atoms with Crippen LogP contribution in [0.25, 0.3) is 100 Å². The molecule has 0 aliphatic carbocycles. The lowest BCUT2D eigenvalue weighted by Crippen LogP contribution is -1.96. The number of aromatic nitrogens is 3. The van der Waals surface area contributed by atoms with Crippen molar-refractivity contribution in [2.75, 3.05) is 0 Å². The Morgan fingerprint density at radius 2 is 1.10 bits per heavy atom. The van der Waals surface area contributed by atoms with Crippen LogP contribution in [0.2, 0.25) is 0 Å². The second-order valence-corrected chi connectivity index (χ2v) is 12.4. The van der Waals surface area contributed by atoms with E-state index in [1.54, 1.807) is 6.20 Å². The van der Waals surface area contributed by atoms with Crippen LogP contribution in [0.3, 0.4) is 0 Å². The van der Waals surface area contributed by atoms with E-state index in [0.29, 0.717) is 5.82 Å². The van der Waals surface area contributed by atoms with Gasteiger partial charge >= 0.3 is 0 Å². The molecule has 0 saturated carbocycles. The van der Waals surface area contributed by atoms with Crippen molar-refractivity contribution in [1.82, 2.24) is 15.0 Å². The Kier molecular flexibility index (Phi) is 6.42. The molecule has 0 spiro atoms. The summed E-state index contributed by atoms with van der Waals surface area (Å²) in [5.74, 6) is 0.658. The third-order valence-electron chi connectivity index (χ3n) is 9.40. The highest BCUT2D eigenvalue weighted by Crippen LogP contribution is 2.43. The third kappa shape index (κ3) is 4.67. The number of benzene rings is 6. The molecule has 234 valence electrons. The van der Waals surface area contributed by atoms with E-state index in [1.165, 1.54) is 0 Å². The third-order valence-corrected chi connectivity index (χ3v) is 9.40.